The van der Waals surface area contributed by atoms with Crippen LogP contribution in [0, 0.1) is 0 Å². The molecule has 0 aliphatic heterocycles. The smallest absolute Gasteiger partial charge is 0.224 e. The number of hydrogen-bond acceptors (Lipinski definition) is 4. The lowest BCUT2D eigenvalue weighted by molar-refractivity contribution is -0.120. The second-order valence-electron chi connectivity index (χ2n) is 5.46. The third kappa shape index (κ3) is 6.48. The van der Waals surface area contributed by atoms with Gasteiger partial charge < -0.3 is 15.2 Å². The Balaban J connectivity index is 1.83. The van der Waals surface area contributed by atoms with Gasteiger partial charge in [-0.3, -0.25) is 9.78 Å². The summed E-state index contributed by atoms with van der Waals surface area (Å²) in [4.78, 5) is 15.9. The van der Waals surface area contributed by atoms with Crippen molar-refractivity contribution in [1.82, 2.24) is 10.3 Å². The van der Waals surface area contributed by atoms with Crippen molar-refractivity contribution < 1.29 is 14.6 Å². The Kier molecular flexibility index (Phi) is 6.56. The van der Waals surface area contributed by atoms with Crippen molar-refractivity contribution >= 4 is 5.91 Å². The van der Waals surface area contributed by atoms with E-state index in [2.05, 4.69) is 10.3 Å². The summed E-state index contributed by atoms with van der Waals surface area (Å²) in [5.74, 6) is 0.665. The highest BCUT2D eigenvalue weighted by atomic mass is 16.5. The van der Waals surface area contributed by atoms with Crippen LogP contribution < -0.4 is 10.1 Å². The van der Waals surface area contributed by atoms with E-state index in [0.29, 0.717) is 26.0 Å². The number of aromatic nitrogens is 1. The monoisotopic (exact) mass is 314 g/mol. The normalized spacial score (nSPS) is 11.7. The van der Waals surface area contributed by atoms with Gasteiger partial charge in [0.2, 0.25) is 5.91 Å². The summed E-state index contributed by atoms with van der Waals surface area (Å²) in [6.07, 6.45) is 3.93. The number of amides is 1. The van der Waals surface area contributed by atoms with Gasteiger partial charge in [0.05, 0.1) is 12.5 Å². The van der Waals surface area contributed by atoms with E-state index in [1.165, 1.54) is 0 Å². The topological polar surface area (TPSA) is 71.5 Å². The van der Waals surface area contributed by atoms with Gasteiger partial charge in [0.1, 0.15) is 12.4 Å². The zero-order valence-corrected chi connectivity index (χ0v) is 13.2. The van der Waals surface area contributed by atoms with Crippen LogP contribution in [-0.2, 0) is 17.8 Å². The van der Waals surface area contributed by atoms with Gasteiger partial charge in [0.15, 0.2) is 0 Å². The van der Waals surface area contributed by atoms with Gasteiger partial charge in [-0.25, -0.2) is 0 Å². The molecule has 0 aliphatic rings. The van der Waals surface area contributed by atoms with Crippen LogP contribution in [0.1, 0.15) is 24.5 Å². The number of nitrogens with zero attached hydrogens (tertiary/aromatic N) is 1. The molecule has 5 nitrogen and oxygen atoms in total. The number of ether oxygens (including phenoxy) is 1. The standard InChI is InChI=1S/C18H22N2O3/c1-14(21)7-9-20-18(22)11-15-4-2-6-17(10-15)23-13-16-5-3-8-19-12-16/h2-6,8,10,12,14,21H,7,9,11,13H2,1H3,(H,20,22). The number of rotatable bonds is 8. The average molecular weight is 314 g/mol. The highest BCUT2D eigenvalue weighted by Gasteiger charge is 2.05. The van der Waals surface area contributed by atoms with E-state index in [9.17, 15) is 9.90 Å². The molecule has 0 radical (unpaired) electrons. The first-order chi connectivity index (χ1) is 11.1. The van der Waals surface area contributed by atoms with Crippen LogP contribution in [0.5, 0.6) is 5.75 Å². The maximum absolute atomic E-state index is 11.8. The molecule has 1 atom stereocenters. The predicted molar refractivity (Wildman–Crippen MR) is 88.0 cm³/mol. The first kappa shape index (κ1) is 17.0. The summed E-state index contributed by atoms with van der Waals surface area (Å²) in [6.45, 7) is 2.63. The minimum absolute atomic E-state index is 0.0601. The number of hydrogen-bond donors (Lipinski definition) is 2. The van der Waals surface area contributed by atoms with E-state index in [-0.39, 0.29) is 5.91 Å². The highest BCUT2D eigenvalue weighted by Crippen LogP contribution is 2.15. The number of aliphatic hydroxyl groups is 1. The number of pyridine rings is 1. The van der Waals surface area contributed by atoms with E-state index in [4.69, 9.17) is 4.74 Å². The third-order valence-corrected chi connectivity index (χ3v) is 3.28. The predicted octanol–water partition coefficient (Wildman–Crippen LogP) is 2.09. The number of nitrogens with one attached hydrogen (secondary N) is 1. The van der Waals surface area contributed by atoms with Gasteiger partial charge in [0.25, 0.3) is 0 Å². The van der Waals surface area contributed by atoms with E-state index in [1.807, 2.05) is 36.4 Å². The lowest BCUT2D eigenvalue weighted by Gasteiger charge is -2.09. The summed E-state index contributed by atoms with van der Waals surface area (Å²) < 4.78 is 5.72. The van der Waals surface area contributed by atoms with Gasteiger partial charge in [0, 0.05) is 24.5 Å². The van der Waals surface area contributed by atoms with Gasteiger partial charge in [-0.2, -0.15) is 0 Å². The largest absolute Gasteiger partial charge is 0.489 e. The van der Waals surface area contributed by atoms with Crippen molar-refractivity contribution in [3.05, 3.63) is 59.9 Å². The van der Waals surface area contributed by atoms with Crippen molar-refractivity contribution in [1.29, 1.82) is 0 Å². The molecular weight excluding hydrogens is 292 g/mol. The number of carbonyl (C=O) groups excluding carboxylic acids is 1. The molecule has 0 spiro atoms. The van der Waals surface area contributed by atoms with Crippen molar-refractivity contribution in [3.8, 4) is 5.75 Å². The lowest BCUT2D eigenvalue weighted by Crippen LogP contribution is -2.27. The fraction of sp³-hybridized carbons (Fsp3) is 0.333. The first-order valence-corrected chi connectivity index (χ1v) is 7.69. The molecule has 1 unspecified atom stereocenters. The van der Waals surface area contributed by atoms with Crippen LogP contribution in [-0.4, -0.2) is 28.6 Å². The molecule has 0 saturated heterocycles. The summed E-state index contributed by atoms with van der Waals surface area (Å²) in [6, 6.07) is 11.3. The van der Waals surface area contributed by atoms with Crippen LogP contribution in [0.25, 0.3) is 0 Å². The fourth-order valence-corrected chi connectivity index (χ4v) is 2.06. The van der Waals surface area contributed by atoms with Crippen LogP contribution >= 0.6 is 0 Å². The molecule has 2 rings (SSSR count). The van der Waals surface area contributed by atoms with Crippen molar-refractivity contribution in [3.63, 3.8) is 0 Å². The maximum Gasteiger partial charge on any atom is 0.224 e. The molecule has 2 N–H and O–H groups in total. The second kappa shape index (κ2) is 8.90. The summed E-state index contributed by atoms with van der Waals surface area (Å²) >= 11 is 0. The molecule has 1 heterocycles. The molecule has 0 aliphatic carbocycles. The highest BCUT2D eigenvalue weighted by molar-refractivity contribution is 5.78. The van der Waals surface area contributed by atoms with Crippen LogP contribution in [0.3, 0.4) is 0 Å². The second-order valence-corrected chi connectivity index (χ2v) is 5.46. The van der Waals surface area contributed by atoms with Crippen LogP contribution in [0.4, 0.5) is 0 Å². The van der Waals surface area contributed by atoms with Gasteiger partial charge in [-0.15, -0.1) is 0 Å². The van der Waals surface area contributed by atoms with Gasteiger partial charge >= 0.3 is 0 Å². The summed E-state index contributed by atoms with van der Waals surface area (Å²) in [5.41, 5.74) is 1.89. The van der Waals surface area contributed by atoms with Crippen molar-refractivity contribution in [2.75, 3.05) is 6.54 Å². The fourth-order valence-electron chi connectivity index (χ4n) is 2.06. The van der Waals surface area contributed by atoms with Crippen molar-refractivity contribution in [2.24, 2.45) is 0 Å². The minimum Gasteiger partial charge on any atom is -0.489 e. The number of benzene rings is 1. The molecule has 0 bridgehead atoms. The summed E-state index contributed by atoms with van der Waals surface area (Å²) in [7, 11) is 0. The van der Waals surface area contributed by atoms with Crippen LogP contribution in [0.15, 0.2) is 48.8 Å². The molecule has 2 aromatic rings. The Morgan fingerprint density at radius 3 is 2.87 bits per heavy atom. The Morgan fingerprint density at radius 1 is 1.30 bits per heavy atom. The Bertz CT molecular complexity index is 615. The third-order valence-electron chi connectivity index (χ3n) is 3.28. The summed E-state index contributed by atoms with van der Waals surface area (Å²) in [5, 5.41) is 12.0. The van der Waals surface area contributed by atoms with E-state index < -0.39 is 6.10 Å². The SMILES string of the molecule is CC(O)CCNC(=O)Cc1cccc(OCc2cccnc2)c1. The van der Waals surface area contributed by atoms with E-state index in [0.717, 1.165) is 16.9 Å². The molecule has 1 aromatic carbocycles. The molecule has 1 aromatic heterocycles. The Morgan fingerprint density at radius 2 is 2.13 bits per heavy atom. The molecule has 1 amide bonds. The minimum atomic E-state index is -0.403. The molecule has 23 heavy (non-hydrogen) atoms. The molecule has 0 saturated carbocycles. The average Bonchev–Trinajstić information content (AvgIpc) is 2.54. The zero-order chi connectivity index (χ0) is 16.5. The maximum atomic E-state index is 11.8. The Labute approximate surface area is 136 Å². The molecule has 122 valence electrons. The molecule has 5 heteroatoms. The number of carbonyl (C=O) groups is 1. The zero-order valence-electron chi connectivity index (χ0n) is 13.2. The first-order valence-electron chi connectivity index (χ1n) is 7.69. The van der Waals surface area contributed by atoms with Crippen molar-refractivity contribution in [2.45, 2.75) is 32.5 Å². The number of aliphatic hydroxyl groups excluding tert-OH is 1. The van der Waals surface area contributed by atoms with E-state index in [1.54, 1.807) is 19.3 Å². The molecule has 0 fully saturated rings. The molecular formula is C18H22N2O3. The Hall–Kier alpha value is -2.40. The van der Waals surface area contributed by atoms with Gasteiger partial charge in [-0.05, 0) is 37.1 Å². The quantitative estimate of drug-likeness (QED) is 0.782. The van der Waals surface area contributed by atoms with Gasteiger partial charge in [-0.1, -0.05) is 18.2 Å². The van der Waals surface area contributed by atoms with Crippen LogP contribution in [0.2, 0.25) is 0 Å². The van der Waals surface area contributed by atoms with E-state index >= 15 is 0 Å². The lowest BCUT2D eigenvalue weighted by atomic mass is 10.1.